The van der Waals surface area contributed by atoms with Crippen LogP contribution in [0.5, 0.6) is 0 Å². The third kappa shape index (κ3) is 5.82. The van der Waals surface area contributed by atoms with E-state index in [0.717, 1.165) is 17.7 Å². The molecule has 0 unspecified atom stereocenters. The van der Waals surface area contributed by atoms with E-state index in [1.807, 2.05) is 38.2 Å². The first-order valence-corrected chi connectivity index (χ1v) is 11.1. The number of carbonyl (C=O) groups is 2. The van der Waals surface area contributed by atoms with Crippen molar-refractivity contribution in [1.29, 1.82) is 0 Å². The number of aromatic nitrogens is 3. The lowest BCUT2D eigenvalue weighted by molar-refractivity contribution is -0.120. The fraction of sp³-hybridized carbons (Fsp3) is 0.524. The fourth-order valence-corrected chi connectivity index (χ4v) is 4.33. The topological polar surface area (TPSA) is 88.9 Å². The molecule has 1 aromatic carbocycles. The summed E-state index contributed by atoms with van der Waals surface area (Å²) in [6, 6.07) is 7.92. The Balaban J connectivity index is 1.50. The highest BCUT2D eigenvalue weighted by Gasteiger charge is 2.23. The summed E-state index contributed by atoms with van der Waals surface area (Å²) >= 11 is 1.34. The van der Waals surface area contributed by atoms with Gasteiger partial charge in [0.15, 0.2) is 5.16 Å². The van der Waals surface area contributed by atoms with Crippen molar-refractivity contribution >= 4 is 29.3 Å². The minimum atomic E-state index is -0.143. The summed E-state index contributed by atoms with van der Waals surface area (Å²) in [5.41, 5.74) is 1.80. The van der Waals surface area contributed by atoms with E-state index in [4.69, 9.17) is 0 Å². The molecule has 0 radical (unpaired) electrons. The lowest BCUT2D eigenvalue weighted by atomic mass is 9.86. The average molecular weight is 416 g/mol. The minimum absolute atomic E-state index is 0.0237. The standard InChI is InChI=1S/C21H29N5O2S/c1-14-8-4-6-10-16(14)22-19(27)12-18-24-25-21(26(18)3)29-13-20(28)23-17-11-7-5-9-15(17)2/h4,6,8,10,15,17H,5,7,9,11-13H2,1-3H3,(H,22,27)(H,23,28)/t15-,17+/m1/s1. The number of nitrogens with zero attached hydrogens (tertiary/aromatic N) is 3. The lowest BCUT2D eigenvalue weighted by Crippen LogP contribution is -2.41. The van der Waals surface area contributed by atoms with Gasteiger partial charge in [-0.3, -0.25) is 9.59 Å². The number of thioether (sulfide) groups is 1. The largest absolute Gasteiger partial charge is 0.352 e. The molecule has 156 valence electrons. The van der Waals surface area contributed by atoms with Crippen molar-refractivity contribution < 1.29 is 9.59 Å². The van der Waals surface area contributed by atoms with Gasteiger partial charge >= 0.3 is 0 Å². The van der Waals surface area contributed by atoms with E-state index < -0.39 is 0 Å². The Kier molecular flexibility index (Phi) is 7.30. The van der Waals surface area contributed by atoms with Gasteiger partial charge in [0, 0.05) is 18.8 Å². The number of para-hydroxylation sites is 1. The zero-order valence-corrected chi connectivity index (χ0v) is 18.1. The summed E-state index contributed by atoms with van der Waals surface area (Å²) in [5.74, 6) is 1.28. The molecule has 3 rings (SSSR count). The molecule has 1 fully saturated rings. The number of benzene rings is 1. The van der Waals surface area contributed by atoms with Gasteiger partial charge in [-0.25, -0.2) is 0 Å². The fourth-order valence-electron chi connectivity index (χ4n) is 3.59. The van der Waals surface area contributed by atoms with E-state index >= 15 is 0 Å². The second kappa shape index (κ2) is 9.91. The Labute approximate surface area is 176 Å². The van der Waals surface area contributed by atoms with Gasteiger partial charge in [0.2, 0.25) is 11.8 Å². The monoisotopic (exact) mass is 415 g/mol. The Bertz CT molecular complexity index is 867. The van der Waals surface area contributed by atoms with Crippen molar-refractivity contribution in [2.75, 3.05) is 11.1 Å². The van der Waals surface area contributed by atoms with Gasteiger partial charge in [-0.15, -0.1) is 10.2 Å². The van der Waals surface area contributed by atoms with Crippen LogP contribution in [0.25, 0.3) is 0 Å². The number of nitrogens with one attached hydrogen (secondary N) is 2. The highest BCUT2D eigenvalue weighted by Crippen LogP contribution is 2.24. The summed E-state index contributed by atoms with van der Waals surface area (Å²) in [7, 11) is 1.82. The quantitative estimate of drug-likeness (QED) is 0.679. The van der Waals surface area contributed by atoms with Crippen molar-refractivity contribution in [3.05, 3.63) is 35.7 Å². The number of amides is 2. The van der Waals surface area contributed by atoms with Crippen LogP contribution < -0.4 is 10.6 Å². The van der Waals surface area contributed by atoms with E-state index in [1.54, 1.807) is 4.57 Å². The average Bonchev–Trinajstić information content (AvgIpc) is 3.03. The Morgan fingerprint density at radius 2 is 1.93 bits per heavy atom. The molecule has 7 nitrogen and oxygen atoms in total. The molecule has 2 N–H and O–H groups in total. The SMILES string of the molecule is Cc1ccccc1NC(=O)Cc1nnc(SCC(=O)N[C@H]2CCCC[C@H]2C)n1C. The molecule has 0 aliphatic heterocycles. The molecular weight excluding hydrogens is 386 g/mol. The summed E-state index contributed by atoms with van der Waals surface area (Å²) in [5, 5.41) is 15.0. The van der Waals surface area contributed by atoms with Crippen LogP contribution in [0, 0.1) is 12.8 Å². The number of aryl methyl sites for hydroxylation is 1. The molecule has 29 heavy (non-hydrogen) atoms. The van der Waals surface area contributed by atoms with Crippen LogP contribution in [-0.2, 0) is 23.1 Å². The highest BCUT2D eigenvalue weighted by atomic mass is 32.2. The van der Waals surface area contributed by atoms with Crippen LogP contribution in [0.2, 0.25) is 0 Å². The number of rotatable bonds is 7. The summed E-state index contributed by atoms with van der Waals surface area (Å²) in [4.78, 5) is 24.7. The second-order valence-corrected chi connectivity index (χ2v) is 8.66. The Morgan fingerprint density at radius 1 is 1.17 bits per heavy atom. The first-order chi connectivity index (χ1) is 13.9. The minimum Gasteiger partial charge on any atom is -0.352 e. The molecule has 1 saturated carbocycles. The van der Waals surface area contributed by atoms with Crippen LogP contribution >= 0.6 is 11.8 Å². The molecule has 2 amide bonds. The molecule has 2 aromatic rings. The van der Waals surface area contributed by atoms with Gasteiger partial charge in [0.05, 0.1) is 12.2 Å². The predicted molar refractivity (Wildman–Crippen MR) is 115 cm³/mol. The van der Waals surface area contributed by atoms with Gasteiger partial charge in [-0.2, -0.15) is 0 Å². The maximum atomic E-state index is 12.4. The third-order valence-electron chi connectivity index (χ3n) is 5.45. The second-order valence-electron chi connectivity index (χ2n) is 7.72. The van der Waals surface area contributed by atoms with Crippen LogP contribution in [0.4, 0.5) is 5.69 Å². The number of hydrogen-bond donors (Lipinski definition) is 2. The van der Waals surface area contributed by atoms with Gasteiger partial charge in [-0.05, 0) is 37.3 Å². The van der Waals surface area contributed by atoms with E-state index in [0.29, 0.717) is 22.7 Å². The molecule has 0 spiro atoms. The van der Waals surface area contributed by atoms with E-state index in [-0.39, 0.29) is 24.3 Å². The van der Waals surface area contributed by atoms with Crippen molar-refractivity contribution in [2.45, 2.75) is 57.1 Å². The molecule has 0 bridgehead atoms. The van der Waals surface area contributed by atoms with Gasteiger partial charge in [0.1, 0.15) is 5.82 Å². The Morgan fingerprint density at radius 3 is 2.69 bits per heavy atom. The van der Waals surface area contributed by atoms with Crippen molar-refractivity contribution in [3.8, 4) is 0 Å². The van der Waals surface area contributed by atoms with Crippen LogP contribution in [0.3, 0.4) is 0 Å². The smallest absolute Gasteiger partial charge is 0.232 e. The van der Waals surface area contributed by atoms with Gasteiger partial charge in [0.25, 0.3) is 0 Å². The van der Waals surface area contributed by atoms with Gasteiger partial charge in [-0.1, -0.05) is 49.7 Å². The number of hydrogen-bond acceptors (Lipinski definition) is 5. The zero-order chi connectivity index (χ0) is 20.8. The van der Waals surface area contributed by atoms with E-state index in [1.165, 1.54) is 31.0 Å². The molecule has 1 aromatic heterocycles. The van der Waals surface area contributed by atoms with E-state index in [2.05, 4.69) is 27.8 Å². The van der Waals surface area contributed by atoms with Crippen molar-refractivity contribution in [1.82, 2.24) is 20.1 Å². The number of carbonyl (C=O) groups excluding carboxylic acids is 2. The van der Waals surface area contributed by atoms with Crippen molar-refractivity contribution in [3.63, 3.8) is 0 Å². The first-order valence-electron chi connectivity index (χ1n) is 10.1. The molecule has 0 saturated heterocycles. The van der Waals surface area contributed by atoms with Gasteiger partial charge < -0.3 is 15.2 Å². The highest BCUT2D eigenvalue weighted by molar-refractivity contribution is 7.99. The third-order valence-corrected chi connectivity index (χ3v) is 6.47. The van der Waals surface area contributed by atoms with E-state index in [9.17, 15) is 9.59 Å². The van der Waals surface area contributed by atoms with Crippen LogP contribution in [0.15, 0.2) is 29.4 Å². The molecular formula is C21H29N5O2S. The molecule has 1 aliphatic rings. The molecule has 2 atom stereocenters. The zero-order valence-electron chi connectivity index (χ0n) is 17.3. The van der Waals surface area contributed by atoms with Crippen LogP contribution in [-0.4, -0.2) is 38.4 Å². The summed E-state index contributed by atoms with van der Waals surface area (Å²) in [6.45, 7) is 4.15. The maximum absolute atomic E-state index is 12.4. The maximum Gasteiger partial charge on any atom is 0.232 e. The van der Waals surface area contributed by atoms with Crippen molar-refractivity contribution in [2.24, 2.45) is 13.0 Å². The lowest BCUT2D eigenvalue weighted by Gasteiger charge is -2.29. The van der Waals surface area contributed by atoms with Crippen LogP contribution in [0.1, 0.15) is 44.0 Å². The molecule has 8 heteroatoms. The molecule has 1 aliphatic carbocycles. The molecule has 1 heterocycles. The number of anilines is 1. The summed E-state index contributed by atoms with van der Waals surface area (Å²) < 4.78 is 1.78. The predicted octanol–water partition coefficient (Wildman–Crippen LogP) is 3.09. The first kappa shape index (κ1) is 21.4. The summed E-state index contributed by atoms with van der Waals surface area (Å²) in [6.07, 6.45) is 4.79. The Hall–Kier alpha value is -2.35. The normalized spacial score (nSPS) is 19.0.